The summed E-state index contributed by atoms with van der Waals surface area (Å²) in [5.74, 6) is -0.436. The van der Waals surface area contributed by atoms with Crippen LogP contribution >= 0.6 is 0 Å². The highest BCUT2D eigenvalue weighted by Crippen LogP contribution is 2.34. The fourth-order valence-corrected chi connectivity index (χ4v) is 2.15. The van der Waals surface area contributed by atoms with E-state index >= 15 is 0 Å². The molecule has 4 nitrogen and oxygen atoms in total. The van der Waals surface area contributed by atoms with Crippen LogP contribution in [0.15, 0.2) is 16.5 Å². The second-order valence-corrected chi connectivity index (χ2v) is 4.10. The quantitative estimate of drug-likeness (QED) is 0.902. The van der Waals surface area contributed by atoms with E-state index in [0.29, 0.717) is 17.8 Å². The Bertz CT molecular complexity index is 595. The van der Waals surface area contributed by atoms with E-state index in [0.717, 1.165) is 22.9 Å². The maximum atomic E-state index is 11.2. The molecule has 4 heteroatoms. The van der Waals surface area contributed by atoms with Crippen LogP contribution in [-0.4, -0.2) is 18.2 Å². The smallest absolute Gasteiger partial charge is 0.372 e. The highest BCUT2D eigenvalue weighted by molar-refractivity contribution is 5.97. The summed E-state index contributed by atoms with van der Waals surface area (Å²) in [6, 6.07) is 3.86. The summed E-state index contributed by atoms with van der Waals surface area (Å²) in [6.45, 7) is 3.96. The van der Waals surface area contributed by atoms with Crippen LogP contribution in [0.3, 0.4) is 0 Å². The first-order chi connectivity index (χ1) is 8.62. The van der Waals surface area contributed by atoms with Crippen molar-refractivity contribution in [2.24, 2.45) is 0 Å². The highest BCUT2D eigenvalue weighted by Gasteiger charge is 2.21. The molecule has 0 saturated heterocycles. The van der Waals surface area contributed by atoms with Crippen molar-refractivity contribution in [1.82, 2.24) is 0 Å². The fraction of sp³-hybridized carbons (Fsp3) is 0.357. The number of ether oxygens (including phenoxy) is 1. The third-order valence-corrected chi connectivity index (χ3v) is 3.09. The van der Waals surface area contributed by atoms with E-state index in [4.69, 9.17) is 14.3 Å². The van der Waals surface area contributed by atoms with Gasteiger partial charge in [0.1, 0.15) is 0 Å². The zero-order valence-corrected chi connectivity index (χ0v) is 10.7. The van der Waals surface area contributed by atoms with E-state index in [9.17, 15) is 4.79 Å². The van der Waals surface area contributed by atoms with E-state index in [1.807, 2.05) is 26.0 Å². The van der Waals surface area contributed by atoms with Crippen LogP contribution in [0.5, 0.6) is 5.75 Å². The Hall–Kier alpha value is -1.97. The molecule has 2 aromatic rings. The first-order valence-electron chi connectivity index (χ1n) is 5.97. The van der Waals surface area contributed by atoms with Crippen LogP contribution in [-0.2, 0) is 12.8 Å². The average molecular weight is 248 g/mol. The number of carboxylic acids is 1. The lowest BCUT2D eigenvalue weighted by Gasteiger charge is -2.04. The lowest BCUT2D eigenvalue weighted by atomic mass is 10.0. The zero-order valence-electron chi connectivity index (χ0n) is 10.7. The van der Waals surface area contributed by atoms with Gasteiger partial charge < -0.3 is 14.3 Å². The predicted molar refractivity (Wildman–Crippen MR) is 68.5 cm³/mol. The van der Waals surface area contributed by atoms with Gasteiger partial charge in [-0.1, -0.05) is 13.8 Å². The summed E-state index contributed by atoms with van der Waals surface area (Å²) in [6.07, 6.45) is 1.48. The molecule has 0 fully saturated rings. The Balaban J connectivity index is 2.82. The predicted octanol–water partition coefficient (Wildman–Crippen LogP) is 3.26. The molecule has 1 aromatic heterocycles. The molecular weight excluding hydrogens is 232 g/mol. The van der Waals surface area contributed by atoms with Gasteiger partial charge in [-0.25, -0.2) is 4.79 Å². The number of aromatic carboxylic acids is 1. The number of methoxy groups -OCH3 is 1. The number of hydrogen-bond donors (Lipinski definition) is 1. The second-order valence-electron chi connectivity index (χ2n) is 4.10. The third-order valence-electron chi connectivity index (χ3n) is 3.09. The van der Waals surface area contributed by atoms with Crippen molar-refractivity contribution in [3.63, 3.8) is 0 Å². The lowest BCUT2D eigenvalue weighted by Crippen LogP contribution is -1.97. The molecule has 0 spiro atoms. The molecule has 1 aromatic carbocycles. The van der Waals surface area contributed by atoms with E-state index in [2.05, 4.69) is 0 Å². The van der Waals surface area contributed by atoms with E-state index < -0.39 is 5.97 Å². The minimum absolute atomic E-state index is 0.0130. The number of hydrogen-bond acceptors (Lipinski definition) is 3. The van der Waals surface area contributed by atoms with Crippen molar-refractivity contribution in [3.05, 3.63) is 29.0 Å². The normalized spacial score (nSPS) is 10.8. The summed E-state index contributed by atoms with van der Waals surface area (Å²) < 4.78 is 10.7. The van der Waals surface area contributed by atoms with Gasteiger partial charge in [-0.2, -0.15) is 0 Å². The van der Waals surface area contributed by atoms with Crippen LogP contribution in [0.25, 0.3) is 11.0 Å². The Morgan fingerprint density at radius 2 is 2.06 bits per heavy atom. The molecule has 0 unspecified atom stereocenters. The van der Waals surface area contributed by atoms with Crippen molar-refractivity contribution >= 4 is 16.9 Å². The Kier molecular flexibility index (Phi) is 3.28. The fourth-order valence-electron chi connectivity index (χ4n) is 2.15. The van der Waals surface area contributed by atoms with Crippen LogP contribution < -0.4 is 4.74 Å². The number of carbonyl (C=O) groups is 1. The summed E-state index contributed by atoms with van der Waals surface area (Å²) >= 11 is 0. The molecular formula is C14H16O4. The number of rotatable bonds is 4. The van der Waals surface area contributed by atoms with Crippen molar-refractivity contribution in [3.8, 4) is 5.75 Å². The molecule has 18 heavy (non-hydrogen) atoms. The van der Waals surface area contributed by atoms with Crippen molar-refractivity contribution in [2.75, 3.05) is 7.11 Å². The summed E-state index contributed by atoms with van der Waals surface area (Å²) in [5, 5.41) is 9.99. The number of benzene rings is 1. The minimum Gasteiger partial charge on any atom is -0.493 e. The minimum atomic E-state index is -1.04. The van der Waals surface area contributed by atoms with Crippen LogP contribution in [0.1, 0.15) is 35.5 Å². The zero-order chi connectivity index (χ0) is 13.3. The van der Waals surface area contributed by atoms with Gasteiger partial charge in [-0.05, 0) is 30.5 Å². The van der Waals surface area contributed by atoms with Gasteiger partial charge in [0.2, 0.25) is 5.76 Å². The summed E-state index contributed by atoms with van der Waals surface area (Å²) in [7, 11) is 1.56. The topological polar surface area (TPSA) is 59.7 Å². The van der Waals surface area contributed by atoms with Gasteiger partial charge in [0.15, 0.2) is 11.3 Å². The molecule has 1 N–H and O–H groups in total. The van der Waals surface area contributed by atoms with Crippen LogP contribution in [0.2, 0.25) is 0 Å². The summed E-state index contributed by atoms with van der Waals surface area (Å²) in [5.41, 5.74) is 2.35. The van der Waals surface area contributed by atoms with Gasteiger partial charge in [0.25, 0.3) is 0 Å². The van der Waals surface area contributed by atoms with Gasteiger partial charge >= 0.3 is 5.97 Å². The molecule has 1 heterocycles. The molecule has 0 amide bonds. The van der Waals surface area contributed by atoms with Crippen molar-refractivity contribution in [2.45, 2.75) is 26.7 Å². The number of fused-ring (bicyclic) bond motifs is 1. The van der Waals surface area contributed by atoms with Gasteiger partial charge in [0.05, 0.1) is 7.11 Å². The molecule has 0 aliphatic carbocycles. The molecule has 96 valence electrons. The Morgan fingerprint density at radius 3 is 2.56 bits per heavy atom. The maximum absolute atomic E-state index is 11.2. The largest absolute Gasteiger partial charge is 0.493 e. The Morgan fingerprint density at radius 1 is 1.33 bits per heavy atom. The highest BCUT2D eigenvalue weighted by atomic mass is 16.5. The molecule has 0 atom stereocenters. The molecule has 0 saturated carbocycles. The number of aryl methyl sites for hydroxylation is 2. The second kappa shape index (κ2) is 4.72. The first kappa shape index (κ1) is 12.5. The van der Waals surface area contributed by atoms with E-state index in [-0.39, 0.29) is 5.76 Å². The lowest BCUT2D eigenvalue weighted by molar-refractivity contribution is 0.0663. The number of furan rings is 1. The van der Waals surface area contributed by atoms with Crippen molar-refractivity contribution in [1.29, 1.82) is 0 Å². The van der Waals surface area contributed by atoms with E-state index in [1.54, 1.807) is 7.11 Å². The molecule has 2 rings (SSSR count). The molecule has 0 aliphatic rings. The maximum Gasteiger partial charge on any atom is 0.372 e. The summed E-state index contributed by atoms with van der Waals surface area (Å²) in [4.78, 5) is 11.2. The molecule has 0 radical (unpaired) electrons. The van der Waals surface area contributed by atoms with Gasteiger partial charge in [-0.3, -0.25) is 0 Å². The van der Waals surface area contributed by atoms with Gasteiger partial charge in [0, 0.05) is 10.9 Å². The SMILES string of the molecule is CCc1cc(OC)c2oc(C(=O)O)c(CC)c2c1. The monoisotopic (exact) mass is 248 g/mol. The molecule has 0 aliphatic heterocycles. The molecule has 0 bridgehead atoms. The van der Waals surface area contributed by atoms with E-state index in [1.165, 1.54) is 0 Å². The van der Waals surface area contributed by atoms with Crippen molar-refractivity contribution < 1.29 is 19.1 Å². The Labute approximate surface area is 105 Å². The third kappa shape index (κ3) is 1.83. The van der Waals surface area contributed by atoms with Crippen LogP contribution in [0, 0.1) is 0 Å². The standard InChI is InChI=1S/C14H16O4/c1-4-8-6-10-9(5-2)13(14(15)16)18-12(10)11(7-8)17-3/h6-7H,4-5H2,1-3H3,(H,15,16). The first-order valence-corrected chi connectivity index (χ1v) is 5.97. The number of carboxylic acid groups (broad SMARTS) is 1. The average Bonchev–Trinajstić information content (AvgIpc) is 2.75. The van der Waals surface area contributed by atoms with Crippen LogP contribution in [0.4, 0.5) is 0 Å². The van der Waals surface area contributed by atoms with Gasteiger partial charge in [-0.15, -0.1) is 0 Å².